The quantitative estimate of drug-likeness (QED) is 0.709. The Morgan fingerprint density at radius 3 is 2.46 bits per heavy atom. The zero-order valence-corrected chi connectivity index (χ0v) is 8.68. The van der Waals surface area contributed by atoms with Crippen molar-refractivity contribution in [3.8, 4) is 0 Å². The van der Waals surface area contributed by atoms with E-state index in [0.29, 0.717) is 6.54 Å². The second-order valence-electron chi connectivity index (χ2n) is 4.06. The van der Waals surface area contributed by atoms with Crippen LogP contribution in [0.3, 0.4) is 0 Å². The maximum absolute atomic E-state index is 11.4. The predicted octanol–water partition coefficient (Wildman–Crippen LogP) is 0.997. The molecule has 0 aliphatic carbocycles. The molecule has 0 radical (unpaired) electrons. The summed E-state index contributed by atoms with van der Waals surface area (Å²) in [6.45, 7) is 6.75. The lowest BCUT2D eigenvalue weighted by molar-refractivity contribution is -0.122. The number of hydrogen-bond acceptors (Lipinski definition) is 2. The van der Waals surface area contributed by atoms with Crippen molar-refractivity contribution in [1.29, 1.82) is 0 Å². The summed E-state index contributed by atoms with van der Waals surface area (Å²) in [5, 5.41) is 2.91. The van der Waals surface area contributed by atoms with E-state index in [2.05, 4.69) is 10.2 Å². The van der Waals surface area contributed by atoms with Crippen LogP contribution in [0.2, 0.25) is 0 Å². The van der Waals surface area contributed by atoms with Gasteiger partial charge in [0, 0.05) is 6.04 Å². The Hall–Kier alpha value is -0.570. The van der Waals surface area contributed by atoms with Crippen molar-refractivity contribution < 1.29 is 4.79 Å². The van der Waals surface area contributed by atoms with E-state index in [9.17, 15) is 4.79 Å². The number of amides is 1. The minimum Gasteiger partial charge on any atom is -0.353 e. The summed E-state index contributed by atoms with van der Waals surface area (Å²) in [6.07, 6.45) is 3.81. The summed E-state index contributed by atoms with van der Waals surface area (Å²) in [4.78, 5) is 13.6. The largest absolute Gasteiger partial charge is 0.353 e. The average Bonchev–Trinajstić information content (AvgIpc) is 2.04. The van der Waals surface area contributed by atoms with Crippen LogP contribution in [0.15, 0.2) is 0 Å². The smallest absolute Gasteiger partial charge is 0.234 e. The first-order valence-corrected chi connectivity index (χ1v) is 5.20. The second kappa shape index (κ2) is 5.22. The number of nitrogens with zero attached hydrogens (tertiary/aromatic N) is 1. The zero-order chi connectivity index (χ0) is 9.68. The highest BCUT2D eigenvalue weighted by Crippen LogP contribution is 2.07. The van der Waals surface area contributed by atoms with Gasteiger partial charge in [0.1, 0.15) is 0 Å². The molecule has 0 aromatic rings. The zero-order valence-electron chi connectivity index (χ0n) is 8.68. The normalized spacial score (nSPS) is 19.0. The maximum Gasteiger partial charge on any atom is 0.234 e. The standard InChI is InChI=1S/C10H20N2O/c1-9(2)11-10(13)8-12-6-4-3-5-7-12/h9H,3-8H2,1-2H3,(H,11,13). The van der Waals surface area contributed by atoms with E-state index in [4.69, 9.17) is 0 Å². The molecule has 0 saturated carbocycles. The minimum atomic E-state index is 0.164. The Morgan fingerprint density at radius 1 is 1.31 bits per heavy atom. The van der Waals surface area contributed by atoms with Gasteiger partial charge in [-0.1, -0.05) is 6.42 Å². The van der Waals surface area contributed by atoms with Crippen LogP contribution in [0.4, 0.5) is 0 Å². The molecule has 3 heteroatoms. The van der Waals surface area contributed by atoms with E-state index in [1.54, 1.807) is 0 Å². The van der Waals surface area contributed by atoms with Gasteiger partial charge in [-0.05, 0) is 39.8 Å². The predicted molar refractivity (Wildman–Crippen MR) is 53.6 cm³/mol. The molecule has 1 aliphatic heterocycles. The van der Waals surface area contributed by atoms with Crippen molar-refractivity contribution in [1.82, 2.24) is 10.2 Å². The molecule has 0 aromatic carbocycles. The van der Waals surface area contributed by atoms with E-state index in [1.165, 1.54) is 19.3 Å². The monoisotopic (exact) mass is 184 g/mol. The fourth-order valence-electron chi connectivity index (χ4n) is 1.69. The molecule has 3 nitrogen and oxygen atoms in total. The SMILES string of the molecule is CC(C)NC(=O)CN1CCCCC1. The molecule has 1 amide bonds. The summed E-state index contributed by atoms with van der Waals surface area (Å²) in [5.41, 5.74) is 0. The van der Waals surface area contributed by atoms with Crippen LogP contribution in [0.1, 0.15) is 33.1 Å². The van der Waals surface area contributed by atoms with Crippen LogP contribution >= 0.6 is 0 Å². The minimum absolute atomic E-state index is 0.164. The first kappa shape index (κ1) is 10.5. The molecule has 1 saturated heterocycles. The third-order valence-corrected chi connectivity index (χ3v) is 2.27. The van der Waals surface area contributed by atoms with E-state index >= 15 is 0 Å². The van der Waals surface area contributed by atoms with Crippen LogP contribution in [-0.4, -0.2) is 36.5 Å². The fraction of sp³-hybridized carbons (Fsp3) is 0.900. The van der Waals surface area contributed by atoms with E-state index in [-0.39, 0.29) is 11.9 Å². The molecule has 1 fully saturated rings. The van der Waals surface area contributed by atoms with Crippen molar-refractivity contribution in [3.05, 3.63) is 0 Å². The lowest BCUT2D eigenvalue weighted by atomic mass is 10.1. The van der Waals surface area contributed by atoms with Gasteiger partial charge >= 0.3 is 0 Å². The Kier molecular flexibility index (Phi) is 4.22. The van der Waals surface area contributed by atoms with Crippen molar-refractivity contribution in [2.45, 2.75) is 39.2 Å². The Labute approximate surface area is 80.5 Å². The van der Waals surface area contributed by atoms with Crippen molar-refractivity contribution in [2.24, 2.45) is 0 Å². The molecule has 0 aromatic heterocycles. The lowest BCUT2D eigenvalue weighted by Gasteiger charge is -2.25. The second-order valence-corrected chi connectivity index (χ2v) is 4.06. The van der Waals surface area contributed by atoms with Gasteiger partial charge in [-0.25, -0.2) is 0 Å². The summed E-state index contributed by atoms with van der Waals surface area (Å²) in [7, 11) is 0. The summed E-state index contributed by atoms with van der Waals surface area (Å²) in [5.74, 6) is 0.164. The molecule has 0 atom stereocenters. The van der Waals surface area contributed by atoms with Gasteiger partial charge in [-0.2, -0.15) is 0 Å². The highest BCUT2D eigenvalue weighted by Gasteiger charge is 2.13. The van der Waals surface area contributed by atoms with E-state index < -0.39 is 0 Å². The average molecular weight is 184 g/mol. The number of piperidine rings is 1. The van der Waals surface area contributed by atoms with Gasteiger partial charge < -0.3 is 5.32 Å². The van der Waals surface area contributed by atoms with Crippen molar-refractivity contribution >= 4 is 5.91 Å². The number of likely N-dealkylation sites (tertiary alicyclic amines) is 1. The van der Waals surface area contributed by atoms with Crippen LogP contribution < -0.4 is 5.32 Å². The molecule has 1 aliphatic rings. The number of carbonyl (C=O) groups is 1. The van der Waals surface area contributed by atoms with Crippen LogP contribution in [0, 0.1) is 0 Å². The number of nitrogens with one attached hydrogen (secondary N) is 1. The molecule has 1 rings (SSSR count). The van der Waals surface area contributed by atoms with Crippen LogP contribution in [-0.2, 0) is 4.79 Å². The molecular weight excluding hydrogens is 164 g/mol. The van der Waals surface area contributed by atoms with Crippen molar-refractivity contribution in [3.63, 3.8) is 0 Å². The molecule has 0 unspecified atom stereocenters. The van der Waals surface area contributed by atoms with Gasteiger partial charge in [-0.15, -0.1) is 0 Å². The van der Waals surface area contributed by atoms with E-state index in [1.807, 2.05) is 13.8 Å². The molecule has 13 heavy (non-hydrogen) atoms. The maximum atomic E-state index is 11.4. The van der Waals surface area contributed by atoms with Gasteiger partial charge in [0.25, 0.3) is 0 Å². The van der Waals surface area contributed by atoms with Gasteiger partial charge in [-0.3, -0.25) is 9.69 Å². The molecule has 1 heterocycles. The summed E-state index contributed by atoms with van der Waals surface area (Å²) >= 11 is 0. The topological polar surface area (TPSA) is 32.3 Å². The molecule has 76 valence electrons. The number of carbonyl (C=O) groups excluding carboxylic acids is 1. The highest BCUT2D eigenvalue weighted by atomic mass is 16.2. The Bertz CT molecular complexity index is 162. The first-order valence-electron chi connectivity index (χ1n) is 5.20. The lowest BCUT2D eigenvalue weighted by Crippen LogP contribution is -2.41. The number of hydrogen-bond donors (Lipinski definition) is 1. The number of rotatable bonds is 3. The summed E-state index contributed by atoms with van der Waals surface area (Å²) < 4.78 is 0. The van der Waals surface area contributed by atoms with Crippen molar-refractivity contribution in [2.75, 3.05) is 19.6 Å². The Balaban J connectivity index is 2.18. The third-order valence-electron chi connectivity index (χ3n) is 2.27. The van der Waals surface area contributed by atoms with Crippen LogP contribution in [0.25, 0.3) is 0 Å². The first-order chi connectivity index (χ1) is 6.18. The highest BCUT2D eigenvalue weighted by molar-refractivity contribution is 5.78. The molecule has 1 N–H and O–H groups in total. The molecule has 0 bridgehead atoms. The molecule has 0 spiro atoms. The Morgan fingerprint density at radius 2 is 1.92 bits per heavy atom. The summed E-state index contributed by atoms with van der Waals surface area (Å²) in [6, 6.07) is 0.261. The fourth-order valence-corrected chi connectivity index (χ4v) is 1.69. The van der Waals surface area contributed by atoms with Crippen LogP contribution in [0.5, 0.6) is 0 Å². The molecular formula is C10H20N2O. The van der Waals surface area contributed by atoms with Gasteiger partial charge in [0.2, 0.25) is 5.91 Å². The van der Waals surface area contributed by atoms with E-state index in [0.717, 1.165) is 13.1 Å². The third kappa shape index (κ3) is 4.27. The van der Waals surface area contributed by atoms with Gasteiger partial charge in [0.15, 0.2) is 0 Å². The van der Waals surface area contributed by atoms with Gasteiger partial charge in [0.05, 0.1) is 6.54 Å².